The number of carbonyl (C=O) groups is 2. The normalized spacial score (nSPS) is 25.6. The molecule has 1 aliphatic rings. The summed E-state index contributed by atoms with van der Waals surface area (Å²) in [6.45, 7) is 3.55. The van der Waals surface area contributed by atoms with Gasteiger partial charge in [0.1, 0.15) is 6.04 Å². The first-order chi connectivity index (χ1) is 8.06. The lowest BCUT2D eigenvalue weighted by molar-refractivity contribution is -0.142. The van der Waals surface area contributed by atoms with Crippen molar-refractivity contribution < 1.29 is 14.7 Å². The molecule has 3 atom stereocenters. The largest absolute Gasteiger partial charge is 0.480 e. The van der Waals surface area contributed by atoms with E-state index in [1.165, 1.54) is 0 Å². The fourth-order valence-electron chi connectivity index (χ4n) is 2.00. The van der Waals surface area contributed by atoms with Crippen molar-refractivity contribution in [1.82, 2.24) is 10.6 Å². The Morgan fingerprint density at radius 1 is 1.65 bits per heavy atom. The van der Waals surface area contributed by atoms with Crippen LogP contribution in [0.3, 0.4) is 0 Å². The van der Waals surface area contributed by atoms with Crippen LogP contribution in [0.15, 0.2) is 0 Å². The molecule has 1 aliphatic heterocycles. The van der Waals surface area contributed by atoms with Crippen LogP contribution in [-0.2, 0) is 9.59 Å². The number of carbonyl (C=O) groups excluding carboxylic acids is 1. The minimum Gasteiger partial charge on any atom is -0.480 e. The van der Waals surface area contributed by atoms with Gasteiger partial charge in [-0.25, -0.2) is 4.79 Å². The Balaban J connectivity index is 2.57. The van der Waals surface area contributed by atoms with Crippen LogP contribution in [-0.4, -0.2) is 36.1 Å². The average molecular weight is 238 g/mol. The molecule has 5 nitrogen and oxygen atoms in total. The number of hydrogen-bond donors (Lipinski definition) is 3. The number of rotatable bonds is 4. The molecule has 0 aromatic rings. The number of carboxylic acids is 1. The van der Waals surface area contributed by atoms with Crippen LogP contribution in [0.1, 0.15) is 19.8 Å². The van der Waals surface area contributed by atoms with Crippen molar-refractivity contribution >= 4 is 11.9 Å². The van der Waals surface area contributed by atoms with Gasteiger partial charge in [-0.2, -0.15) is 0 Å². The third-order valence-corrected chi connectivity index (χ3v) is 3.06. The Hall–Kier alpha value is -1.54. The number of terminal acetylenes is 1. The van der Waals surface area contributed by atoms with E-state index < -0.39 is 12.0 Å². The monoisotopic (exact) mass is 238 g/mol. The molecule has 1 saturated heterocycles. The van der Waals surface area contributed by atoms with Gasteiger partial charge in [0, 0.05) is 12.3 Å². The molecule has 0 bridgehead atoms. The molecule has 0 aliphatic carbocycles. The molecule has 3 N–H and O–H groups in total. The molecular weight excluding hydrogens is 220 g/mol. The molecule has 1 amide bonds. The number of carboxylic acid groups (broad SMARTS) is 1. The van der Waals surface area contributed by atoms with Crippen molar-refractivity contribution in [3.8, 4) is 12.3 Å². The summed E-state index contributed by atoms with van der Waals surface area (Å²) >= 11 is 0. The Labute approximate surface area is 101 Å². The molecule has 0 spiro atoms. The van der Waals surface area contributed by atoms with E-state index in [4.69, 9.17) is 11.5 Å². The van der Waals surface area contributed by atoms with E-state index in [0.29, 0.717) is 0 Å². The molecule has 0 aromatic carbocycles. The van der Waals surface area contributed by atoms with Gasteiger partial charge < -0.3 is 15.7 Å². The second kappa shape index (κ2) is 6.26. The number of amides is 1. The van der Waals surface area contributed by atoms with Gasteiger partial charge in [-0.15, -0.1) is 12.3 Å². The summed E-state index contributed by atoms with van der Waals surface area (Å²) in [5.74, 6) is 1.05. The van der Waals surface area contributed by atoms with Crippen molar-refractivity contribution in [1.29, 1.82) is 0 Å². The summed E-state index contributed by atoms with van der Waals surface area (Å²) in [6.07, 6.45) is 5.82. The zero-order valence-electron chi connectivity index (χ0n) is 9.90. The molecule has 3 unspecified atom stereocenters. The van der Waals surface area contributed by atoms with E-state index in [1.807, 2.05) is 6.92 Å². The number of aliphatic carboxylic acids is 1. The van der Waals surface area contributed by atoms with Gasteiger partial charge in [0.15, 0.2) is 0 Å². The first kappa shape index (κ1) is 13.5. The summed E-state index contributed by atoms with van der Waals surface area (Å²) in [4.78, 5) is 22.8. The van der Waals surface area contributed by atoms with Crippen molar-refractivity contribution in [2.24, 2.45) is 11.8 Å². The lowest BCUT2D eigenvalue weighted by Gasteiger charge is -2.29. The molecular formula is C12H18N2O3. The lowest BCUT2D eigenvalue weighted by Crippen LogP contribution is -2.48. The predicted molar refractivity (Wildman–Crippen MR) is 63.2 cm³/mol. The topological polar surface area (TPSA) is 78.4 Å². The minimum atomic E-state index is -1.09. The lowest BCUT2D eigenvalue weighted by atomic mass is 9.87. The molecule has 0 saturated carbocycles. The maximum absolute atomic E-state index is 11.9. The van der Waals surface area contributed by atoms with Crippen LogP contribution < -0.4 is 10.6 Å². The Kier molecular flexibility index (Phi) is 4.98. The quantitative estimate of drug-likeness (QED) is 0.594. The molecule has 0 radical (unpaired) electrons. The minimum absolute atomic E-state index is 0.0143. The maximum Gasteiger partial charge on any atom is 0.327 e. The van der Waals surface area contributed by atoms with Gasteiger partial charge in [-0.1, -0.05) is 6.92 Å². The second-order valence-corrected chi connectivity index (χ2v) is 4.38. The molecule has 1 fully saturated rings. The first-order valence-electron chi connectivity index (χ1n) is 5.73. The van der Waals surface area contributed by atoms with Crippen molar-refractivity contribution in [3.05, 3.63) is 0 Å². The van der Waals surface area contributed by atoms with Gasteiger partial charge in [-0.3, -0.25) is 4.79 Å². The summed E-state index contributed by atoms with van der Waals surface area (Å²) < 4.78 is 0. The summed E-state index contributed by atoms with van der Waals surface area (Å²) in [5, 5.41) is 14.6. The number of piperidine rings is 1. The second-order valence-electron chi connectivity index (χ2n) is 4.38. The molecule has 17 heavy (non-hydrogen) atoms. The van der Waals surface area contributed by atoms with Gasteiger partial charge in [-0.05, 0) is 25.4 Å². The van der Waals surface area contributed by atoms with E-state index in [-0.39, 0.29) is 24.2 Å². The van der Waals surface area contributed by atoms with Gasteiger partial charge in [0.05, 0.1) is 0 Å². The molecule has 1 heterocycles. The Morgan fingerprint density at radius 2 is 2.35 bits per heavy atom. The smallest absolute Gasteiger partial charge is 0.327 e. The van der Waals surface area contributed by atoms with Gasteiger partial charge in [0.2, 0.25) is 5.91 Å². The standard InChI is InChI=1S/C12H18N2O3/c1-3-4-10(12(16)17)14-11(15)9-5-6-13-7-8(9)2/h1,8-10,13H,4-7H2,2H3,(H,14,15)(H,16,17). The Bertz CT molecular complexity index is 335. The summed E-state index contributed by atoms with van der Waals surface area (Å²) in [5.41, 5.74) is 0. The number of hydrogen-bond acceptors (Lipinski definition) is 3. The average Bonchev–Trinajstić information content (AvgIpc) is 2.28. The molecule has 5 heteroatoms. The SMILES string of the molecule is C#CCC(NC(=O)C1CCNCC1C)C(=O)O. The van der Waals surface area contributed by atoms with Crippen molar-refractivity contribution in [2.75, 3.05) is 13.1 Å². The predicted octanol–water partition coefficient (Wildman–Crippen LogP) is -0.175. The highest BCUT2D eigenvalue weighted by atomic mass is 16.4. The summed E-state index contributed by atoms with van der Waals surface area (Å²) in [7, 11) is 0. The third-order valence-electron chi connectivity index (χ3n) is 3.06. The number of nitrogens with one attached hydrogen (secondary N) is 2. The highest BCUT2D eigenvalue weighted by Gasteiger charge is 2.30. The van der Waals surface area contributed by atoms with E-state index >= 15 is 0 Å². The fraction of sp³-hybridized carbons (Fsp3) is 0.667. The maximum atomic E-state index is 11.9. The molecule has 94 valence electrons. The van der Waals surface area contributed by atoms with Crippen LogP contribution >= 0.6 is 0 Å². The van der Waals surface area contributed by atoms with Crippen LogP contribution in [0.5, 0.6) is 0 Å². The highest BCUT2D eigenvalue weighted by molar-refractivity contribution is 5.85. The Morgan fingerprint density at radius 3 is 2.88 bits per heavy atom. The van der Waals surface area contributed by atoms with Crippen molar-refractivity contribution in [3.63, 3.8) is 0 Å². The fourth-order valence-corrected chi connectivity index (χ4v) is 2.00. The van der Waals surface area contributed by atoms with Crippen LogP contribution in [0.2, 0.25) is 0 Å². The molecule has 0 aromatic heterocycles. The van der Waals surface area contributed by atoms with Gasteiger partial charge >= 0.3 is 5.97 Å². The zero-order chi connectivity index (χ0) is 12.8. The highest BCUT2D eigenvalue weighted by Crippen LogP contribution is 2.18. The van der Waals surface area contributed by atoms with E-state index in [0.717, 1.165) is 19.5 Å². The first-order valence-corrected chi connectivity index (χ1v) is 5.73. The van der Waals surface area contributed by atoms with Crippen molar-refractivity contribution in [2.45, 2.75) is 25.8 Å². The van der Waals surface area contributed by atoms with E-state index in [9.17, 15) is 9.59 Å². The van der Waals surface area contributed by atoms with Crippen LogP contribution in [0.4, 0.5) is 0 Å². The summed E-state index contributed by atoms with van der Waals surface area (Å²) in [6, 6.07) is -0.977. The third kappa shape index (κ3) is 3.75. The molecule has 1 rings (SSSR count). The van der Waals surface area contributed by atoms with E-state index in [1.54, 1.807) is 0 Å². The van der Waals surface area contributed by atoms with Crippen LogP contribution in [0.25, 0.3) is 0 Å². The van der Waals surface area contributed by atoms with Crippen LogP contribution in [0, 0.1) is 24.2 Å². The van der Waals surface area contributed by atoms with E-state index in [2.05, 4.69) is 16.6 Å². The van der Waals surface area contributed by atoms with Gasteiger partial charge in [0.25, 0.3) is 0 Å². The zero-order valence-corrected chi connectivity index (χ0v) is 9.90.